The Kier molecular flexibility index (Phi) is 2.69. The molecule has 0 bridgehead atoms. The lowest BCUT2D eigenvalue weighted by Crippen LogP contribution is -2.43. The molecule has 1 aliphatic carbocycles. The summed E-state index contributed by atoms with van der Waals surface area (Å²) >= 11 is 0. The fourth-order valence-electron chi connectivity index (χ4n) is 1.72. The van der Waals surface area contributed by atoms with Gasteiger partial charge >= 0.3 is 5.97 Å². The minimum absolute atomic E-state index is 0.355. The summed E-state index contributed by atoms with van der Waals surface area (Å²) in [6.07, 6.45) is -0.813. The first-order valence-corrected chi connectivity index (χ1v) is 4.13. The van der Waals surface area contributed by atoms with Crippen LogP contribution in [0.3, 0.4) is 0 Å². The fraction of sp³-hybridized carbons (Fsp3) is 0.875. The molecule has 0 aromatic rings. The first kappa shape index (κ1) is 9.48. The molecule has 1 fully saturated rings. The van der Waals surface area contributed by atoms with Gasteiger partial charge in [-0.2, -0.15) is 0 Å². The maximum Gasteiger partial charge on any atom is 0.306 e. The minimum atomic E-state index is -0.889. The van der Waals surface area contributed by atoms with Crippen molar-refractivity contribution in [1.29, 1.82) is 0 Å². The first-order chi connectivity index (χ1) is 5.54. The Hall–Kier alpha value is -0.610. The van der Waals surface area contributed by atoms with Crippen LogP contribution in [0.5, 0.6) is 0 Å². The number of hydrogen-bond donors (Lipinski definition) is 3. The standard InChI is InChI=1S/C8H14O4/c1-4-5(8(11)12)2-3-6(9)7(4)10/h4-7,9-10H,2-3H2,1H3,(H,11,12). The normalized spacial score (nSPS) is 42.6. The van der Waals surface area contributed by atoms with Crippen LogP contribution >= 0.6 is 0 Å². The van der Waals surface area contributed by atoms with E-state index in [1.807, 2.05) is 0 Å². The summed E-state index contributed by atoms with van der Waals surface area (Å²) in [7, 11) is 0. The molecule has 0 saturated heterocycles. The molecule has 4 unspecified atom stereocenters. The highest BCUT2D eigenvalue weighted by Gasteiger charge is 2.38. The average Bonchev–Trinajstić information content (AvgIpc) is 2.00. The molecule has 1 rings (SSSR count). The van der Waals surface area contributed by atoms with E-state index in [2.05, 4.69) is 0 Å². The van der Waals surface area contributed by atoms with Crippen LogP contribution in [-0.2, 0) is 4.79 Å². The van der Waals surface area contributed by atoms with Crippen molar-refractivity contribution in [2.24, 2.45) is 11.8 Å². The molecule has 0 aliphatic heterocycles. The average molecular weight is 174 g/mol. The second kappa shape index (κ2) is 3.41. The van der Waals surface area contributed by atoms with Crippen LogP contribution in [0.15, 0.2) is 0 Å². The number of aliphatic carboxylic acids is 1. The number of hydrogen-bond acceptors (Lipinski definition) is 3. The predicted molar refractivity (Wildman–Crippen MR) is 41.5 cm³/mol. The SMILES string of the molecule is CC1C(C(=O)O)CCC(O)C1O. The zero-order valence-electron chi connectivity index (χ0n) is 6.97. The van der Waals surface area contributed by atoms with Gasteiger partial charge in [-0.25, -0.2) is 0 Å². The van der Waals surface area contributed by atoms with Crippen LogP contribution < -0.4 is 0 Å². The third-order valence-electron chi connectivity index (χ3n) is 2.66. The Balaban J connectivity index is 2.65. The van der Waals surface area contributed by atoms with Crippen LogP contribution in [0.25, 0.3) is 0 Å². The van der Waals surface area contributed by atoms with E-state index in [-0.39, 0.29) is 5.92 Å². The molecule has 0 aromatic carbocycles. The van der Waals surface area contributed by atoms with E-state index in [1.54, 1.807) is 6.92 Å². The summed E-state index contributed by atoms with van der Waals surface area (Å²) in [6.45, 7) is 1.66. The molecule has 4 heteroatoms. The molecular weight excluding hydrogens is 160 g/mol. The van der Waals surface area contributed by atoms with Gasteiger partial charge in [0.05, 0.1) is 18.1 Å². The van der Waals surface area contributed by atoms with Crippen molar-refractivity contribution in [1.82, 2.24) is 0 Å². The Morgan fingerprint density at radius 1 is 1.33 bits per heavy atom. The van der Waals surface area contributed by atoms with Crippen LogP contribution in [0, 0.1) is 11.8 Å². The molecule has 3 N–H and O–H groups in total. The van der Waals surface area contributed by atoms with E-state index in [4.69, 9.17) is 5.11 Å². The lowest BCUT2D eigenvalue weighted by Gasteiger charge is -2.33. The summed E-state index contributed by atoms with van der Waals surface area (Å²) in [6, 6.07) is 0. The Labute approximate surface area is 70.8 Å². The lowest BCUT2D eigenvalue weighted by atomic mass is 9.77. The molecular formula is C8H14O4. The van der Waals surface area contributed by atoms with Gasteiger partial charge in [0.1, 0.15) is 0 Å². The predicted octanol–water partition coefficient (Wildman–Crippen LogP) is -0.161. The largest absolute Gasteiger partial charge is 0.481 e. The monoisotopic (exact) mass is 174 g/mol. The fourth-order valence-corrected chi connectivity index (χ4v) is 1.72. The molecule has 0 aromatic heterocycles. The van der Waals surface area contributed by atoms with E-state index in [0.717, 1.165) is 0 Å². The molecule has 1 aliphatic rings. The molecule has 0 spiro atoms. The van der Waals surface area contributed by atoms with Crippen molar-refractivity contribution < 1.29 is 20.1 Å². The maximum atomic E-state index is 10.6. The number of rotatable bonds is 1. The van der Waals surface area contributed by atoms with Gasteiger partial charge in [0.25, 0.3) is 0 Å². The highest BCUT2D eigenvalue weighted by molar-refractivity contribution is 5.70. The minimum Gasteiger partial charge on any atom is -0.481 e. The first-order valence-electron chi connectivity index (χ1n) is 4.13. The third kappa shape index (κ3) is 1.59. The Morgan fingerprint density at radius 3 is 2.42 bits per heavy atom. The van der Waals surface area contributed by atoms with Crippen LogP contribution in [0.4, 0.5) is 0 Å². The maximum absolute atomic E-state index is 10.6. The summed E-state index contributed by atoms with van der Waals surface area (Å²) in [5.41, 5.74) is 0. The van der Waals surface area contributed by atoms with E-state index in [0.29, 0.717) is 12.8 Å². The van der Waals surface area contributed by atoms with Gasteiger partial charge in [-0.3, -0.25) is 4.79 Å². The van der Waals surface area contributed by atoms with Crippen molar-refractivity contribution in [3.8, 4) is 0 Å². The number of carboxylic acid groups (broad SMARTS) is 1. The van der Waals surface area contributed by atoms with E-state index in [1.165, 1.54) is 0 Å². The van der Waals surface area contributed by atoms with Crippen molar-refractivity contribution >= 4 is 5.97 Å². The van der Waals surface area contributed by atoms with Crippen molar-refractivity contribution in [2.75, 3.05) is 0 Å². The van der Waals surface area contributed by atoms with Gasteiger partial charge in [-0.15, -0.1) is 0 Å². The number of carbonyl (C=O) groups is 1. The highest BCUT2D eigenvalue weighted by atomic mass is 16.4. The molecule has 4 atom stereocenters. The van der Waals surface area contributed by atoms with Gasteiger partial charge in [-0.05, 0) is 18.8 Å². The Bertz CT molecular complexity index is 180. The van der Waals surface area contributed by atoms with Crippen LogP contribution in [0.2, 0.25) is 0 Å². The smallest absolute Gasteiger partial charge is 0.306 e. The van der Waals surface area contributed by atoms with Gasteiger partial charge in [-0.1, -0.05) is 6.92 Å². The third-order valence-corrected chi connectivity index (χ3v) is 2.66. The second-order valence-corrected chi connectivity index (χ2v) is 3.44. The molecule has 0 heterocycles. The van der Waals surface area contributed by atoms with Gasteiger partial charge in [0, 0.05) is 0 Å². The molecule has 0 amide bonds. The summed E-state index contributed by atoms with van der Waals surface area (Å²) in [4.78, 5) is 10.6. The summed E-state index contributed by atoms with van der Waals surface area (Å²) in [5.74, 6) is -1.75. The summed E-state index contributed by atoms with van der Waals surface area (Å²) in [5, 5.41) is 27.3. The second-order valence-electron chi connectivity index (χ2n) is 3.44. The van der Waals surface area contributed by atoms with Gasteiger partial charge < -0.3 is 15.3 Å². The molecule has 70 valence electrons. The highest BCUT2D eigenvalue weighted by Crippen LogP contribution is 2.30. The molecule has 1 saturated carbocycles. The zero-order valence-corrected chi connectivity index (χ0v) is 6.97. The number of aliphatic hydroxyl groups excluding tert-OH is 2. The number of carboxylic acids is 1. The van der Waals surface area contributed by atoms with Gasteiger partial charge in [0.15, 0.2) is 0 Å². The van der Waals surface area contributed by atoms with Crippen molar-refractivity contribution in [2.45, 2.75) is 32.0 Å². The van der Waals surface area contributed by atoms with Gasteiger partial charge in [0.2, 0.25) is 0 Å². The molecule has 0 radical (unpaired) electrons. The Morgan fingerprint density at radius 2 is 1.92 bits per heavy atom. The molecule has 4 nitrogen and oxygen atoms in total. The molecule has 12 heavy (non-hydrogen) atoms. The van der Waals surface area contributed by atoms with Crippen LogP contribution in [-0.4, -0.2) is 33.5 Å². The lowest BCUT2D eigenvalue weighted by molar-refractivity contribution is -0.151. The topological polar surface area (TPSA) is 77.8 Å². The summed E-state index contributed by atoms with van der Waals surface area (Å²) < 4.78 is 0. The van der Waals surface area contributed by atoms with E-state index < -0.39 is 24.1 Å². The van der Waals surface area contributed by atoms with Crippen molar-refractivity contribution in [3.05, 3.63) is 0 Å². The zero-order chi connectivity index (χ0) is 9.30. The quantitative estimate of drug-likeness (QED) is 0.516. The van der Waals surface area contributed by atoms with Crippen molar-refractivity contribution in [3.63, 3.8) is 0 Å². The van der Waals surface area contributed by atoms with Crippen LogP contribution in [0.1, 0.15) is 19.8 Å². The number of aliphatic hydroxyl groups is 2. The van der Waals surface area contributed by atoms with E-state index in [9.17, 15) is 15.0 Å². The van der Waals surface area contributed by atoms with E-state index >= 15 is 0 Å².